The first-order valence-electron chi connectivity index (χ1n) is 8.98. The van der Waals surface area contributed by atoms with E-state index in [9.17, 15) is 9.90 Å². The van der Waals surface area contributed by atoms with Crippen molar-refractivity contribution in [2.24, 2.45) is 0 Å². The first-order valence-corrected chi connectivity index (χ1v) is 9.80. The van der Waals surface area contributed by atoms with Crippen molar-refractivity contribution in [2.75, 3.05) is 32.2 Å². The molecule has 0 radical (unpaired) electrons. The highest BCUT2D eigenvalue weighted by atomic mass is 32.1. The second kappa shape index (κ2) is 7.27. The van der Waals surface area contributed by atoms with Crippen LogP contribution in [0.25, 0.3) is 10.2 Å². The van der Waals surface area contributed by atoms with E-state index < -0.39 is 5.97 Å². The van der Waals surface area contributed by atoms with Crippen molar-refractivity contribution in [2.45, 2.75) is 19.3 Å². The number of carboxylic acid groups (broad SMARTS) is 1. The Morgan fingerprint density at radius 2 is 2.11 bits per heavy atom. The van der Waals surface area contributed by atoms with Crippen LogP contribution in [0, 0.1) is 6.92 Å². The Bertz CT molecular complexity index is 1050. The summed E-state index contributed by atoms with van der Waals surface area (Å²) in [6.45, 7) is 3.43. The molecular weight excluding hydrogens is 378 g/mol. The Morgan fingerprint density at radius 3 is 2.82 bits per heavy atom. The SMILES string of the molecule is COc1cccc(C2CCN(c3ncnc4sc(C(=O)O)c(C)c34)C2)c1OC. The van der Waals surface area contributed by atoms with E-state index in [1.54, 1.807) is 14.2 Å². The maximum atomic E-state index is 11.5. The predicted octanol–water partition coefficient (Wildman–Crippen LogP) is 3.71. The number of aryl methyl sites for hydroxylation is 1. The molecule has 2 aromatic heterocycles. The van der Waals surface area contributed by atoms with Gasteiger partial charge in [-0.25, -0.2) is 14.8 Å². The molecule has 3 aromatic rings. The Balaban J connectivity index is 1.70. The van der Waals surface area contributed by atoms with Gasteiger partial charge in [-0.3, -0.25) is 0 Å². The van der Waals surface area contributed by atoms with Crippen molar-refractivity contribution < 1.29 is 19.4 Å². The van der Waals surface area contributed by atoms with Crippen LogP contribution in [0.15, 0.2) is 24.5 Å². The van der Waals surface area contributed by atoms with Gasteiger partial charge in [0, 0.05) is 24.6 Å². The molecule has 146 valence electrons. The summed E-state index contributed by atoms with van der Waals surface area (Å²) in [5.41, 5.74) is 1.84. The Morgan fingerprint density at radius 1 is 1.29 bits per heavy atom. The average Bonchev–Trinajstić information content (AvgIpc) is 3.32. The maximum Gasteiger partial charge on any atom is 0.346 e. The zero-order valence-electron chi connectivity index (χ0n) is 15.9. The average molecular weight is 399 g/mol. The number of benzene rings is 1. The molecule has 1 N–H and O–H groups in total. The normalized spacial score (nSPS) is 16.5. The van der Waals surface area contributed by atoms with E-state index in [1.807, 2.05) is 19.1 Å². The fraction of sp³-hybridized carbons (Fsp3) is 0.350. The monoisotopic (exact) mass is 399 g/mol. The minimum atomic E-state index is -0.924. The number of hydrogen-bond acceptors (Lipinski definition) is 7. The second-order valence-electron chi connectivity index (χ2n) is 6.75. The fourth-order valence-corrected chi connectivity index (χ4v) is 4.92. The number of aromatic nitrogens is 2. The topological polar surface area (TPSA) is 84.8 Å². The van der Waals surface area contributed by atoms with Gasteiger partial charge in [-0.2, -0.15) is 0 Å². The van der Waals surface area contributed by atoms with Gasteiger partial charge in [0.15, 0.2) is 11.5 Å². The molecule has 0 saturated carbocycles. The van der Waals surface area contributed by atoms with Crippen molar-refractivity contribution in [3.8, 4) is 11.5 Å². The summed E-state index contributed by atoms with van der Waals surface area (Å²) in [6.07, 6.45) is 2.46. The van der Waals surface area contributed by atoms with Crippen LogP contribution >= 0.6 is 11.3 Å². The highest BCUT2D eigenvalue weighted by Crippen LogP contribution is 2.42. The number of carbonyl (C=O) groups is 1. The Kier molecular flexibility index (Phi) is 4.80. The largest absolute Gasteiger partial charge is 0.493 e. The van der Waals surface area contributed by atoms with Crippen molar-refractivity contribution in [1.29, 1.82) is 0 Å². The van der Waals surface area contributed by atoms with E-state index in [2.05, 4.69) is 20.9 Å². The molecule has 1 unspecified atom stereocenters. The van der Waals surface area contributed by atoms with Crippen molar-refractivity contribution >= 4 is 33.3 Å². The van der Waals surface area contributed by atoms with Gasteiger partial charge in [-0.1, -0.05) is 12.1 Å². The van der Waals surface area contributed by atoms with Crippen LogP contribution in [0.3, 0.4) is 0 Å². The molecule has 7 nitrogen and oxygen atoms in total. The summed E-state index contributed by atoms with van der Waals surface area (Å²) >= 11 is 1.20. The smallest absolute Gasteiger partial charge is 0.346 e. The number of anilines is 1. The number of hydrogen-bond donors (Lipinski definition) is 1. The number of ether oxygens (including phenoxy) is 2. The molecule has 1 aliphatic rings. The van der Waals surface area contributed by atoms with Crippen LogP contribution in [0.1, 0.15) is 33.1 Å². The van der Waals surface area contributed by atoms with Gasteiger partial charge in [0.1, 0.15) is 21.9 Å². The van der Waals surface area contributed by atoms with Crippen LogP contribution in [0.5, 0.6) is 11.5 Å². The number of thiophene rings is 1. The van der Waals surface area contributed by atoms with Gasteiger partial charge in [0.2, 0.25) is 0 Å². The molecule has 0 bridgehead atoms. The number of para-hydroxylation sites is 1. The second-order valence-corrected chi connectivity index (χ2v) is 7.75. The minimum absolute atomic E-state index is 0.271. The van der Waals surface area contributed by atoms with E-state index in [0.29, 0.717) is 9.71 Å². The van der Waals surface area contributed by atoms with Crippen LogP contribution in [0.4, 0.5) is 5.82 Å². The number of aromatic carboxylic acids is 1. The van der Waals surface area contributed by atoms with Crippen molar-refractivity contribution in [3.05, 3.63) is 40.5 Å². The highest BCUT2D eigenvalue weighted by Gasteiger charge is 2.30. The number of nitrogens with zero attached hydrogens (tertiary/aromatic N) is 3. The summed E-state index contributed by atoms with van der Waals surface area (Å²) in [5, 5.41) is 10.3. The number of methoxy groups -OCH3 is 2. The molecule has 1 saturated heterocycles. The third-order valence-electron chi connectivity index (χ3n) is 5.26. The summed E-state index contributed by atoms with van der Waals surface area (Å²) in [7, 11) is 3.30. The molecule has 0 amide bonds. The van der Waals surface area contributed by atoms with Crippen molar-refractivity contribution in [3.63, 3.8) is 0 Å². The van der Waals surface area contributed by atoms with Gasteiger partial charge in [-0.05, 0) is 25.0 Å². The molecule has 0 spiro atoms. The van der Waals surface area contributed by atoms with Crippen LogP contribution in [-0.4, -0.2) is 48.4 Å². The predicted molar refractivity (Wildman–Crippen MR) is 108 cm³/mol. The van der Waals surface area contributed by atoms with E-state index >= 15 is 0 Å². The van der Waals surface area contributed by atoms with E-state index in [1.165, 1.54) is 17.7 Å². The van der Waals surface area contributed by atoms with Crippen LogP contribution in [0.2, 0.25) is 0 Å². The van der Waals surface area contributed by atoms with Crippen LogP contribution < -0.4 is 14.4 Å². The molecule has 1 aliphatic heterocycles. The zero-order chi connectivity index (χ0) is 19.8. The lowest BCUT2D eigenvalue weighted by Gasteiger charge is -2.20. The Hall–Kier alpha value is -2.87. The third-order valence-corrected chi connectivity index (χ3v) is 6.45. The van der Waals surface area contributed by atoms with Gasteiger partial charge >= 0.3 is 5.97 Å². The standard InChI is InChI=1S/C20H21N3O4S/c1-11-15-18(21-10-22-19(15)28-17(11)20(24)25)23-8-7-12(9-23)13-5-4-6-14(26-2)16(13)27-3/h4-6,10,12H,7-9H2,1-3H3,(H,24,25). The molecule has 1 atom stereocenters. The molecule has 8 heteroatoms. The van der Waals surface area contributed by atoms with Gasteiger partial charge in [0.25, 0.3) is 0 Å². The summed E-state index contributed by atoms with van der Waals surface area (Å²) in [6, 6.07) is 5.94. The fourth-order valence-electron chi connectivity index (χ4n) is 3.94. The first-order chi connectivity index (χ1) is 13.5. The molecular formula is C20H21N3O4S. The lowest BCUT2D eigenvalue weighted by atomic mass is 9.97. The van der Waals surface area contributed by atoms with E-state index in [4.69, 9.17) is 9.47 Å². The van der Waals surface area contributed by atoms with Gasteiger partial charge in [-0.15, -0.1) is 11.3 Å². The third kappa shape index (κ3) is 2.93. The minimum Gasteiger partial charge on any atom is -0.493 e. The molecule has 0 aliphatic carbocycles. The lowest BCUT2D eigenvalue weighted by molar-refractivity contribution is 0.0701. The molecule has 1 aromatic carbocycles. The quantitative estimate of drug-likeness (QED) is 0.700. The number of fused-ring (bicyclic) bond motifs is 1. The lowest BCUT2D eigenvalue weighted by Crippen LogP contribution is -2.21. The molecule has 1 fully saturated rings. The summed E-state index contributed by atoms with van der Waals surface area (Å²) < 4.78 is 11.0. The van der Waals surface area contributed by atoms with Gasteiger partial charge in [0.05, 0.1) is 19.6 Å². The summed E-state index contributed by atoms with van der Waals surface area (Å²) in [4.78, 5) is 23.5. The highest BCUT2D eigenvalue weighted by molar-refractivity contribution is 7.20. The molecule has 28 heavy (non-hydrogen) atoms. The van der Waals surface area contributed by atoms with E-state index in [-0.39, 0.29) is 5.92 Å². The van der Waals surface area contributed by atoms with Crippen molar-refractivity contribution in [1.82, 2.24) is 9.97 Å². The number of carboxylic acids is 1. The molecule has 4 rings (SSSR count). The molecule has 3 heterocycles. The van der Waals surface area contributed by atoms with Gasteiger partial charge < -0.3 is 19.5 Å². The Labute approximate surface area is 166 Å². The number of rotatable bonds is 5. The van der Waals surface area contributed by atoms with Crippen LogP contribution in [-0.2, 0) is 0 Å². The first kappa shape index (κ1) is 18.5. The summed E-state index contributed by atoms with van der Waals surface area (Å²) in [5.74, 6) is 1.64. The maximum absolute atomic E-state index is 11.5. The van der Waals surface area contributed by atoms with E-state index in [0.717, 1.165) is 53.3 Å². The zero-order valence-corrected chi connectivity index (χ0v) is 16.7.